The van der Waals surface area contributed by atoms with Gasteiger partial charge in [-0.25, -0.2) is 0 Å². The minimum atomic E-state index is 0.459. The van der Waals surface area contributed by atoms with Crippen LogP contribution in [0.2, 0.25) is 0 Å². The average molecular weight is 293 g/mol. The van der Waals surface area contributed by atoms with Gasteiger partial charge >= 0.3 is 0 Å². The van der Waals surface area contributed by atoms with E-state index in [1.54, 1.807) is 0 Å². The van der Waals surface area contributed by atoms with E-state index in [0.717, 1.165) is 23.9 Å². The van der Waals surface area contributed by atoms with Crippen LogP contribution in [0.3, 0.4) is 0 Å². The quantitative estimate of drug-likeness (QED) is 0.817. The summed E-state index contributed by atoms with van der Waals surface area (Å²) in [5.74, 6) is 1.83. The van der Waals surface area contributed by atoms with Crippen molar-refractivity contribution in [2.45, 2.75) is 96.2 Å². The molecule has 122 valence electrons. The Kier molecular flexibility index (Phi) is 4.95. The molecule has 1 N–H and O–H groups in total. The highest BCUT2D eigenvalue weighted by Gasteiger charge is 2.43. The Labute approximate surface area is 132 Å². The zero-order chi connectivity index (χ0) is 14.9. The molecule has 2 atom stereocenters. The SMILES string of the molecule is CCC(CC1CC1)N1CC2(CCCCC2)NCC1C(C)C. The summed E-state index contributed by atoms with van der Waals surface area (Å²) in [5.41, 5.74) is 0.459. The highest BCUT2D eigenvalue weighted by Crippen LogP contribution is 2.39. The lowest BCUT2D eigenvalue weighted by atomic mass is 9.77. The fourth-order valence-corrected chi connectivity index (χ4v) is 4.82. The molecule has 2 saturated carbocycles. The third kappa shape index (κ3) is 3.64. The van der Waals surface area contributed by atoms with Crippen LogP contribution in [-0.4, -0.2) is 35.6 Å². The molecule has 1 spiro atoms. The minimum Gasteiger partial charge on any atom is -0.308 e. The number of hydrogen-bond donors (Lipinski definition) is 1. The molecule has 0 bridgehead atoms. The van der Waals surface area contributed by atoms with Gasteiger partial charge in [0, 0.05) is 30.7 Å². The van der Waals surface area contributed by atoms with Crippen molar-refractivity contribution in [3.63, 3.8) is 0 Å². The van der Waals surface area contributed by atoms with Crippen molar-refractivity contribution >= 4 is 0 Å². The number of piperazine rings is 1. The van der Waals surface area contributed by atoms with E-state index in [4.69, 9.17) is 0 Å². The molecular weight excluding hydrogens is 256 g/mol. The zero-order valence-corrected chi connectivity index (χ0v) is 14.5. The van der Waals surface area contributed by atoms with E-state index in [1.807, 2.05) is 0 Å². The summed E-state index contributed by atoms with van der Waals surface area (Å²) < 4.78 is 0. The Morgan fingerprint density at radius 3 is 2.43 bits per heavy atom. The van der Waals surface area contributed by atoms with Crippen molar-refractivity contribution in [2.75, 3.05) is 13.1 Å². The lowest BCUT2D eigenvalue weighted by Gasteiger charge is -2.53. The first-order valence-electron chi connectivity index (χ1n) is 9.64. The number of rotatable bonds is 5. The summed E-state index contributed by atoms with van der Waals surface area (Å²) in [4.78, 5) is 2.95. The van der Waals surface area contributed by atoms with Crippen molar-refractivity contribution < 1.29 is 0 Å². The van der Waals surface area contributed by atoms with Crippen LogP contribution in [0.5, 0.6) is 0 Å². The predicted octanol–water partition coefficient (Wildman–Crippen LogP) is 4.20. The normalized spacial score (nSPS) is 31.7. The summed E-state index contributed by atoms with van der Waals surface area (Å²) in [6.45, 7) is 9.80. The number of hydrogen-bond acceptors (Lipinski definition) is 2. The lowest BCUT2D eigenvalue weighted by molar-refractivity contribution is 0.000787. The van der Waals surface area contributed by atoms with Gasteiger partial charge in [0.1, 0.15) is 0 Å². The lowest BCUT2D eigenvalue weighted by Crippen LogP contribution is -2.67. The summed E-state index contributed by atoms with van der Waals surface area (Å²) >= 11 is 0. The van der Waals surface area contributed by atoms with Gasteiger partial charge < -0.3 is 5.32 Å². The van der Waals surface area contributed by atoms with E-state index < -0.39 is 0 Å². The topological polar surface area (TPSA) is 15.3 Å². The molecule has 0 amide bonds. The molecule has 3 fully saturated rings. The van der Waals surface area contributed by atoms with Crippen LogP contribution in [0.15, 0.2) is 0 Å². The van der Waals surface area contributed by atoms with Crippen LogP contribution in [0.1, 0.15) is 78.6 Å². The zero-order valence-electron chi connectivity index (χ0n) is 14.5. The van der Waals surface area contributed by atoms with Crippen molar-refractivity contribution in [3.05, 3.63) is 0 Å². The second kappa shape index (κ2) is 6.58. The maximum atomic E-state index is 4.00. The second-order valence-electron chi connectivity index (χ2n) is 8.45. The summed E-state index contributed by atoms with van der Waals surface area (Å²) in [7, 11) is 0. The van der Waals surface area contributed by atoms with E-state index in [2.05, 4.69) is 31.0 Å². The molecule has 1 heterocycles. The Bertz CT molecular complexity index is 328. The highest BCUT2D eigenvalue weighted by atomic mass is 15.3. The van der Waals surface area contributed by atoms with Crippen LogP contribution in [0, 0.1) is 11.8 Å². The Morgan fingerprint density at radius 2 is 1.86 bits per heavy atom. The highest BCUT2D eigenvalue weighted by molar-refractivity contribution is 5.02. The van der Waals surface area contributed by atoms with Gasteiger partial charge in [0.05, 0.1) is 0 Å². The van der Waals surface area contributed by atoms with Gasteiger partial charge in [-0.3, -0.25) is 4.90 Å². The second-order valence-corrected chi connectivity index (χ2v) is 8.45. The number of nitrogens with one attached hydrogen (secondary N) is 1. The van der Waals surface area contributed by atoms with Crippen LogP contribution in [-0.2, 0) is 0 Å². The largest absolute Gasteiger partial charge is 0.308 e. The molecule has 0 aromatic heterocycles. The molecule has 3 rings (SSSR count). The Hall–Kier alpha value is -0.0800. The van der Waals surface area contributed by atoms with Gasteiger partial charge in [-0.1, -0.05) is 52.9 Å². The molecule has 2 heteroatoms. The van der Waals surface area contributed by atoms with Crippen molar-refractivity contribution in [2.24, 2.45) is 11.8 Å². The maximum absolute atomic E-state index is 4.00. The van der Waals surface area contributed by atoms with Gasteiger partial charge in [0.15, 0.2) is 0 Å². The first kappa shape index (κ1) is 15.8. The molecule has 21 heavy (non-hydrogen) atoms. The van der Waals surface area contributed by atoms with E-state index in [-0.39, 0.29) is 0 Å². The Morgan fingerprint density at radius 1 is 1.14 bits per heavy atom. The van der Waals surface area contributed by atoms with E-state index in [9.17, 15) is 0 Å². The van der Waals surface area contributed by atoms with Crippen molar-refractivity contribution in [1.82, 2.24) is 10.2 Å². The predicted molar refractivity (Wildman–Crippen MR) is 90.6 cm³/mol. The Balaban J connectivity index is 1.72. The van der Waals surface area contributed by atoms with E-state index in [1.165, 1.54) is 70.9 Å². The molecule has 1 aliphatic heterocycles. The van der Waals surface area contributed by atoms with Crippen LogP contribution in [0.4, 0.5) is 0 Å². The molecule has 0 aromatic carbocycles. The monoisotopic (exact) mass is 292 g/mol. The third-order valence-electron chi connectivity index (χ3n) is 6.42. The van der Waals surface area contributed by atoms with Crippen LogP contribution < -0.4 is 5.32 Å². The summed E-state index contributed by atoms with van der Waals surface area (Å²) in [6.07, 6.45) is 13.0. The van der Waals surface area contributed by atoms with Gasteiger partial charge in [-0.15, -0.1) is 0 Å². The van der Waals surface area contributed by atoms with Crippen LogP contribution in [0.25, 0.3) is 0 Å². The fraction of sp³-hybridized carbons (Fsp3) is 1.00. The molecule has 2 nitrogen and oxygen atoms in total. The number of nitrogens with zero attached hydrogens (tertiary/aromatic N) is 1. The summed E-state index contributed by atoms with van der Waals surface area (Å²) in [5, 5.41) is 4.00. The molecule has 1 saturated heterocycles. The standard InChI is InChI=1S/C19H36N2/c1-4-17(12-16-8-9-16)21-14-19(10-6-5-7-11-19)20-13-18(21)15(2)3/h15-18,20H,4-14H2,1-3H3. The third-order valence-corrected chi connectivity index (χ3v) is 6.42. The van der Waals surface area contributed by atoms with Crippen molar-refractivity contribution in [3.8, 4) is 0 Å². The molecule has 2 unspecified atom stereocenters. The van der Waals surface area contributed by atoms with E-state index >= 15 is 0 Å². The molecule has 3 aliphatic rings. The first-order valence-corrected chi connectivity index (χ1v) is 9.64. The van der Waals surface area contributed by atoms with Crippen LogP contribution >= 0.6 is 0 Å². The summed E-state index contributed by atoms with van der Waals surface area (Å²) in [6, 6.07) is 1.59. The van der Waals surface area contributed by atoms with E-state index in [0.29, 0.717) is 5.54 Å². The first-order chi connectivity index (χ1) is 10.1. The smallest absolute Gasteiger partial charge is 0.0309 e. The molecule has 2 aliphatic carbocycles. The maximum Gasteiger partial charge on any atom is 0.0309 e. The molecular formula is C19H36N2. The minimum absolute atomic E-state index is 0.459. The van der Waals surface area contributed by atoms with Gasteiger partial charge in [-0.2, -0.15) is 0 Å². The fourth-order valence-electron chi connectivity index (χ4n) is 4.82. The van der Waals surface area contributed by atoms with Gasteiger partial charge in [-0.05, 0) is 37.5 Å². The van der Waals surface area contributed by atoms with Gasteiger partial charge in [0.2, 0.25) is 0 Å². The van der Waals surface area contributed by atoms with Crippen molar-refractivity contribution in [1.29, 1.82) is 0 Å². The molecule has 0 aromatic rings. The average Bonchev–Trinajstić information content (AvgIpc) is 3.29. The van der Waals surface area contributed by atoms with Gasteiger partial charge in [0.25, 0.3) is 0 Å². The molecule has 0 radical (unpaired) electrons.